The number of halogens is 2. The zero-order valence-corrected chi connectivity index (χ0v) is 10.7. The SMILES string of the molecule is ClC1=CC=C2C=C(C3=CCNCC3)N=C2C1Cl. The Morgan fingerprint density at radius 1 is 1.35 bits per heavy atom. The Bertz CT molecular complexity index is 510. The van der Waals surface area contributed by atoms with E-state index in [4.69, 9.17) is 23.2 Å². The molecule has 2 nitrogen and oxygen atoms in total. The van der Waals surface area contributed by atoms with E-state index in [0.29, 0.717) is 5.03 Å². The molecule has 0 fully saturated rings. The van der Waals surface area contributed by atoms with Gasteiger partial charge in [-0.2, -0.15) is 0 Å². The molecule has 0 saturated carbocycles. The molecule has 0 spiro atoms. The van der Waals surface area contributed by atoms with Gasteiger partial charge in [-0.15, -0.1) is 11.6 Å². The molecular weight excluding hydrogens is 255 g/mol. The van der Waals surface area contributed by atoms with E-state index in [1.165, 1.54) is 5.57 Å². The maximum atomic E-state index is 6.24. The smallest absolute Gasteiger partial charge is 0.112 e. The summed E-state index contributed by atoms with van der Waals surface area (Å²) in [4.78, 5) is 4.62. The van der Waals surface area contributed by atoms with Crippen LogP contribution in [-0.2, 0) is 0 Å². The van der Waals surface area contributed by atoms with Crippen LogP contribution in [0.2, 0.25) is 0 Å². The topological polar surface area (TPSA) is 24.4 Å². The van der Waals surface area contributed by atoms with E-state index in [2.05, 4.69) is 22.5 Å². The lowest BCUT2D eigenvalue weighted by Gasteiger charge is -2.14. The van der Waals surface area contributed by atoms with Crippen LogP contribution >= 0.6 is 23.2 Å². The summed E-state index contributed by atoms with van der Waals surface area (Å²) >= 11 is 12.3. The highest BCUT2D eigenvalue weighted by Gasteiger charge is 2.27. The molecule has 3 aliphatic rings. The van der Waals surface area contributed by atoms with Crippen molar-refractivity contribution in [2.45, 2.75) is 11.8 Å². The lowest BCUT2D eigenvalue weighted by atomic mass is 10.0. The van der Waals surface area contributed by atoms with Crippen molar-refractivity contribution in [1.29, 1.82) is 0 Å². The maximum Gasteiger partial charge on any atom is 0.112 e. The third-order valence-corrected chi connectivity index (χ3v) is 4.02. The molecule has 0 amide bonds. The molecule has 1 N–H and O–H groups in total. The molecule has 0 aromatic rings. The van der Waals surface area contributed by atoms with Crippen LogP contribution in [0.4, 0.5) is 0 Å². The van der Waals surface area contributed by atoms with Crippen molar-refractivity contribution in [3.05, 3.63) is 46.2 Å². The Hall–Kier alpha value is -0.830. The Morgan fingerprint density at radius 3 is 3.00 bits per heavy atom. The highest BCUT2D eigenvalue weighted by Crippen LogP contribution is 2.33. The molecule has 88 valence electrons. The van der Waals surface area contributed by atoms with Gasteiger partial charge < -0.3 is 5.32 Å². The van der Waals surface area contributed by atoms with Gasteiger partial charge in [-0.3, -0.25) is 4.99 Å². The minimum absolute atomic E-state index is 0.298. The fourth-order valence-corrected chi connectivity index (χ4v) is 2.60. The van der Waals surface area contributed by atoms with Gasteiger partial charge in [0.25, 0.3) is 0 Å². The normalized spacial score (nSPS) is 27.6. The molecule has 17 heavy (non-hydrogen) atoms. The molecule has 2 aliphatic heterocycles. The van der Waals surface area contributed by atoms with Gasteiger partial charge in [0.1, 0.15) is 5.38 Å². The van der Waals surface area contributed by atoms with Crippen LogP contribution in [0.5, 0.6) is 0 Å². The second-order valence-corrected chi connectivity index (χ2v) is 5.12. The zero-order chi connectivity index (χ0) is 11.8. The van der Waals surface area contributed by atoms with E-state index in [0.717, 1.165) is 36.5 Å². The second kappa shape index (κ2) is 4.45. The molecule has 1 atom stereocenters. The molecule has 1 unspecified atom stereocenters. The van der Waals surface area contributed by atoms with Crippen LogP contribution < -0.4 is 5.32 Å². The lowest BCUT2D eigenvalue weighted by molar-refractivity contribution is 0.706. The first-order valence-corrected chi connectivity index (χ1v) is 6.49. The zero-order valence-electron chi connectivity index (χ0n) is 9.21. The first-order chi connectivity index (χ1) is 8.25. The second-order valence-electron chi connectivity index (χ2n) is 4.25. The van der Waals surface area contributed by atoms with Gasteiger partial charge in [-0.1, -0.05) is 23.8 Å². The lowest BCUT2D eigenvalue weighted by Crippen LogP contribution is -2.20. The average Bonchev–Trinajstić information content (AvgIpc) is 2.80. The molecule has 3 rings (SSSR count). The summed E-state index contributed by atoms with van der Waals surface area (Å²) in [6.07, 6.45) is 9.14. The third kappa shape index (κ3) is 2.01. The van der Waals surface area contributed by atoms with E-state index in [1.54, 1.807) is 0 Å². The van der Waals surface area contributed by atoms with Crippen molar-refractivity contribution in [3.8, 4) is 0 Å². The van der Waals surface area contributed by atoms with Crippen LogP contribution in [-0.4, -0.2) is 24.2 Å². The minimum atomic E-state index is -0.298. The molecule has 0 radical (unpaired) electrons. The fourth-order valence-electron chi connectivity index (χ4n) is 2.19. The number of alkyl halides is 1. The van der Waals surface area contributed by atoms with Crippen LogP contribution in [0.25, 0.3) is 0 Å². The van der Waals surface area contributed by atoms with E-state index < -0.39 is 0 Å². The van der Waals surface area contributed by atoms with Gasteiger partial charge in [0.05, 0.1) is 11.4 Å². The average molecular weight is 267 g/mol. The fraction of sp³-hybridized carbons (Fsp3) is 0.308. The van der Waals surface area contributed by atoms with Gasteiger partial charge in [0.2, 0.25) is 0 Å². The largest absolute Gasteiger partial charge is 0.313 e. The summed E-state index contributed by atoms with van der Waals surface area (Å²) < 4.78 is 0. The predicted octanol–water partition coefficient (Wildman–Crippen LogP) is 2.91. The van der Waals surface area contributed by atoms with Gasteiger partial charge in [-0.25, -0.2) is 0 Å². The predicted molar refractivity (Wildman–Crippen MR) is 72.7 cm³/mol. The van der Waals surface area contributed by atoms with Gasteiger partial charge in [-0.05, 0) is 30.7 Å². The third-order valence-electron chi connectivity index (χ3n) is 3.13. The summed E-state index contributed by atoms with van der Waals surface area (Å²) in [5, 5.41) is 3.64. The van der Waals surface area contributed by atoms with E-state index >= 15 is 0 Å². The summed E-state index contributed by atoms with van der Waals surface area (Å²) in [5.41, 5.74) is 4.31. The molecular formula is C13H12Cl2N2. The van der Waals surface area contributed by atoms with Crippen LogP contribution in [0.3, 0.4) is 0 Å². The number of fused-ring (bicyclic) bond motifs is 1. The number of nitrogens with zero attached hydrogens (tertiary/aromatic N) is 1. The van der Waals surface area contributed by atoms with Crippen molar-refractivity contribution < 1.29 is 0 Å². The van der Waals surface area contributed by atoms with Crippen molar-refractivity contribution >= 4 is 28.9 Å². The molecule has 2 heterocycles. The number of rotatable bonds is 1. The van der Waals surface area contributed by atoms with Crippen molar-refractivity contribution in [2.75, 3.05) is 13.1 Å². The standard InChI is InChI=1S/C13H12Cl2N2/c14-10-2-1-9-7-11(17-13(9)12(10)15)8-3-5-16-6-4-8/h1-3,7,12,16H,4-6H2. The monoisotopic (exact) mass is 266 g/mol. The van der Waals surface area contributed by atoms with Crippen LogP contribution in [0.1, 0.15) is 6.42 Å². The molecule has 4 heteroatoms. The number of nitrogens with one attached hydrogen (secondary N) is 1. The van der Waals surface area contributed by atoms with Crippen LogP contribution in [0, 0.1) is 0 Å². The van der Waals surface area contributed by atoms with Crippen LogP contribution in [0.15, 0.2) is 51.2 Å². The Morgan fingerprint density at radius 2 is 2.24 bits per heavy atom. The number of hydrogen-bond acceptors (Lipinski definition) is 2. The molecule has 0 bridgehead atoms. The summed E-state index contributed by atoms with van der Waals surface area (Å²) in [6.45, 7) is 1.93. The molecule has 0 saturated heterocycles. The van der Waals surface area contributed by atoms with Crippen molar-refractivity contribution in [2.24, 2.45) is 4.99 Å². The Labute approximate surface area is 110 Å². The maximum absolute atomic E-state index is 6.24. The number of allylic oxidation sites excluding steroid dienone is 6. The van der Waals surface area contributed by atoms with Crippen molar-refractivity contribution in [3.63, 3.8) is 0 Å². The van der Waals surface area contributed by atoms with Crippen molar-refractivity contribution in [1.82, 2.24) is 5.32 Å². The summed E-state index contributed by atoms with van der Waals surface area (Å²) in [6, 6.07) is 0. The molecule has 0 aromatic heterocycles. The van der Waals surface area contributed by atoms with E-state index in [-0.39, 0.29) is 5.38 Å². The first-order valence-electron chi connectivity index (χ1n) is 5.68. The first kappa shape index (κ1) is 11.3. The Balaban J connectivity index is 1.93. The van der Waals surface area contributed by atoms with Gasteiger partial charge >= 0.3 is 0 Å². The molecule has 0 aromatic carbocycles. The minimum Gasteiger partial charge on any atom is -0.313 e. The van der Waals surface area contributed by atoms with Gasteiger partial charge in [0.15, 0.2) is 0 Å². The Kier molecular flexibility index (Phi) is 2.95. The highest BCUT2D eigenvalue weighted by molar-refractivity contribution is 6.47. The summed E-state index contributed by atoms with van der Waals surface area (Å²) in [5.74, 6) is 0. The quantitative estimate of drug-likeness (QED) is 0.726. The van der Waals surface area contributed by atoms with E-state index in [9.17, 15) is 0 Å². The van der Waals surface area contributed by atoms with E-state index in [1.807, 2.05) is 12.2 Å². The number of hydrogen-bond donors (Lipinski definition) is 1. The summed E-state index contributed by atoms with van der Waals surface area (Å²) in [7, 11) is 0. The number of aliphatic imine (C=N–C) groups is 1. The highest BCUT2D eigenvalue weighted by atomic mass is 35.5. The molecule has 1 aliphatic carbocycles. The van der Waals surface area contributed by atoms with Gasteiger partial charge in [0, 0.05) is 17.2 Å².